The Labute approximate surface area is 201 Å². The molecule has 34 heavy (non-hydrogen) atoms. The van der Waals surface area contributed by atoms with Crippen molar-refractivity contribution in [3.05, 3.63) is 69.2 Å². The summed E-state index contributed by atoms with van der Waals surface area (Å²) in [6, 6.07) is 12.9. The average Bonchev–Trinajstić information content (AvgIpc) is 3.66. The van der Waals surface area contributed by atoms with Crippen LogP contribution in [0.3, 0.4) is 0 Å². The number of hydrogen-bond acceptors (Lipinski definition) is 5. The van der Waals surface area contributed by atoms with Gasteiger partial charge in [0.1, 0.15) is 5.82 Å². The summed E-state index contributed by atoms with van der Waals surface area (Å²) in [7, 11) is 0. The highest BCUT2D eigenvalue weighted by Crippen LogP contribution is 2.28. The summed E-state index contributed by atoms with van der Waals surface area (Å²) in [6.45, 7) is 2.48. The zero-order valence-corrected chi connectivity index (χ0v) is 19.5. The molecule has 1 aliphatic heterocycles. The second-order valence-corrected chi connectivity index (χ2v) is 9.22. The fourth-order valence-electron chi connectivity index (χ4n) is 4.23. The third-order valence-electron chi connectivity index (χ3n) is 6.33. The molecule has 5 rings (SSSR count). The third-order valence-corrected chi connectivity index (χ3v) is 6.64. The van der Waals surface area contributed by atoms with Gasteiger partial charge in [-0.05, 0) is 43.2 Å². The van der Waals surface area contributed by atoms with E-state index < -0.39 is 0 Å². The normalized spacial score (nSPS) is 16.0. The molecule has 0 radical (unpaired) electrons. The number of nitrogens with one attached hydrogen (secondary N) is 2. The summed E-state index contributed by atoms with van der Waals surface area (Å²) in [4.78, 5) is 48.5. The number of amides is 2. The van der Waals surface area contributed by atoms with Gasteiger partial charge >= 0.3 is 0 Å². The number of H-pyrrole nitrogens is 1. The number of halogens is 1. The number of carbonyl (C=O) groups is 2. The van der Waals surface area contributed by atoms with E-state index in [9.17, 15) is 14.4 Å². The second-order valence-electron chi connectivity index (χ2n) is 8.81. The summed E-state index contributed by atoms with van der Waals surface area (Å²) in [6.07, 6.45) is 2.75. The Morgan fingerprint density at radius 2 is 1.85 bits per heavy atom. The van der Waals surface area contributed by atoms with Crippen LogP contribution in [0.5, 0.6) is 0 Å². The van der Waals surface area contributed by atoms with Gasteiger partial charge in [0.05, 0.1) is 21.6 Å². The van der Waals surface area contributed by atoms with E-state index in [1.54, 1.807) is 30.3 Å². The van der Waals surface area contributed by atoms with E-state index in [0.29, 0.717) is 66.0 Å². The van der Waals surface area contributed by atoms with Crippen molar-refractivity contribution in [1.29, 1.82) is 0 Å². The van der Waals surface area contributed by atoms with Crippen molar-refractivity contribution in [3.63, 3.8) is 0 Å². The number of aryl methyl sites for hydroxylation is 1. The number of rotatable bonds is 6. The first-order chi connectivity index (χ1) is 16.5. The molecule has 2 aliphatic rings. The summed E-state index contributed by atoms with van der Waals surface area (Å²) < 4.78 is 0. The predicted octanol–water partition coefficient (Wildman–Crippen LogP) is 2.75. The van der Waals surface area contributed by atoms with Crippen LogP contribution in [-0.4, -0.2) is 58.9 Å². The van der Waals surface area contributed by atoms with Gasteiger partial charge in [-0.2, -0.15) is 0 Å². The number of hydrogen-bond donors (Lipinski definition) is 2. The molecule has 1 aliphatic carbocycles. The van der Waals surface area contributed by atoms with Crippen molar-refractivity contribution in [2.45, 2.75) is 31.7 Å². The fourth-order valence-corrected chi connectivity index (χ4v) is 4.53. The predicted molar refractivity (Wildman–Crippen MR) is 131 cm³/mol. The molecule has 0 atom stereocenters. The van der Waals surface area contributed by atoms with Crippen LogP contribution in [0, 0.1) is 0 Å². The van der Waals surface area contributed by atoms with Crippen LogP contribution < -0.4 is 15.8 Å². The Kier molecular flexibility index (Phi) is 6.24. The number of benzene rings is 2. The molecule has 1 aromatic heterocycles. The first-order valence-electron chi connectivity index (χ1n) is 11.6. The lowest BCUT2D eigenvalue weighted by atomic mass is 10.1. The molecule has 0 spiro atoms. The lowest BCUT2D eigenvalue weighted by Gasteiger charge is -2.36. The van der Waals surface area contributed by atoms with Crippen LogP contribution >= 0.6 is 11.6 Å². The van der Waals surface area contributed by atoms with Crippen molar-refractivity contribution in [3.8, 4) is 0 Å². The molecule has 1 saturated carbocycles. The van der Waals surface area contributed by atoms with E-state index in [-0.39, 0.29) is 23.8 Å². The Bertz CT molecular complexity index is 1300. The van der Waals surface area contributed by atoms with Crippen LogP contribution in [0.4, 0.5) is 5.69 Å². The Morgan fingerprint density at radius 1 is 1.09 bits per heavy atom. The molecule has 2 heterocycles. The monoisotopic (exact) mass is 479 g/mol. The van der Waals surface area contributed by atoms with Crippen molar-refractivity contribution in [1.82, 2.24) is 20.2 Å². The molecule has 0 unspecified atom stereocenters. The zero-order chi connectivity index (χ0) is 23.7. The van der Waals surface area contributed by atoms with Crippen molar-refractivity contribution >= 4 is 40.0 Å². The molecule has 8 nitrogen and oxygen atoms in total. The number of piperazine rings is 1. The molecule has 2 amide bonds. The van der Waals surface area contributed by atoms with Gasteiger partial charge in [0.15, 0.2) is 0 Å². The van der Waals surface area contributed by atoms with Crippen LogP contribution in [0.1, 0.15) is 35.4 Å². The number of para-hydroxylation sites is 1. The number of carbonyl (C=O) groups excluding carboxylic acids is 2. The first-order valence-corrected chi connectivity index (χ1v) is 12.0. The van der Waals surface area contributed by atoms with Gasteiger partial charge in [0.2, 0.25) is 5.91 Å². The lowest BCUT2D eigenvalue weighted by molar-refractivity contribution is -0.131. The molecule has 2 N–H and O–H groups in total. The first kappa shape index (κ1) is 22.4. The standard InChI is InChI=1S/C25H26ClN5O3/c26-19-15-16(24(33)27-17-6-7-17)5-8-21(19)30-11-13-31(14-12-30)23(32)10-9-22-28-20-4-2-1-3-18(20)25(34)29-22/h1-5,8,15,17H,6-7,9-14H2,(H,27,33)(H,28,29,34). The largest absolute Gasteiger partial charge is 0.367 e. The molecule has 3 aromatic rings. The van der Waals surface area contributed by atoms with Gasteiger partial charge in [0, 0.05) is 50.6 Å². The van der Waals surface area contributed by atoms with Gasteiger partial charge in [-0.3, -0.25) is 14.4 Å². The van der Waals surface area contributed by atoms with Crippen LogP contribution in [-0.2, 0) is 11.2 Å². The lowest BCUT2D eigenvalue weighted by Crippen LogP contribution is -2.49. The zero-order valence-electron chi connectivity index (χ0n) is 18.7. The smallest absolute Gasteiger partial charge is 0.258 e. The second kappa shape index (κ2) is 9.46. The van der Waals surface area contributed by atoms with E-state index in [0.717, 1.165) is 18.5 Å². The molecule has 2 aromatic carbocycles. The number of anilines is 1. The van der Waals surface area contributed by atoms with Gasteiger partial charge in [-0.15, -0.1) is 0 Å². The quantitative estimate of drug-likeness (QED) is 0.566. The van der Waals surface area contributed by atoms with E-state index >= 15 is 0 Å². The van der Waals surface area contributed by atoms with Gasteiger partial charge in [-0.25, -0.2) is 4.98 Å². The SMILES string of the molecule is O=C(NC1CC1)c1ccc(N2CCN(C(=O)CCc3nc4ccccc4c(=O)[nH]3)CC2)c(Cl)c1. The number of fused-ring (bicyclic) bond motifs is 1. The van der Waals surface area contributed by atoms with Crippen LogP contribution in [0.15, 0.2) is 47.3 Å². The van der Waals surface area contributed by atoms with Gasteiger partial charge in [0.25, 0.3) is 11.5 Å². The van der Waals surface area contributed by atoms with Crippen LogP contribution in [0.2, 0.25) is 5.02 Å². The van der Waals surface area contributed by atoms with Crippen LogP contribution in [0.25, 0.3) is 10.9 Å². The van der Waals surface area contributed by atoms with E-state index in [4.69, 9.17) is 11.6 Å². The third kappa shape index (κ3) is 4.92. The highest BCUT2D eigenvalue weighted by atomic mass is 35.5. The highest BCUT2D eigenvalue weighted by Gasteiger charge is 2.25. The Hall–Kier alpha value is -3.39. The minimum Gasteiger partial charge on any atom is -0.367 e. The summed E-state index contributed by atoms with van der Waals surface area (Å²) in [5, 5.41) is 4.05. The molecular formula is C25H26ClN5O3. The van der Waals surface area contributed by atoms with E-state index in [2.05, 4.69) is 20.2 Å². The number of nitrogens with zero attached hydrogens (tertiary/aromatic N) is 3. The molecule has 176 valence electrons. The maximum atomic E-state index is 12.8. The molecule has 2 fully saturated rings. The molecule has 0 bridgehead atoms. The van der Waals surface area contributed by atoms with Crippen molar-refractivity contribution in [2.75, 3.05) is 31.1 Å². The topological polar surface area (TPSA) is 98.4 Å². The van der Waals surface area contributed by atoms with Crippen molar-refractivity contribution in [2.24, 2.45) is 0 Å². The maximum Gasteiger partial charge on any atom is 0.258 e. The van der Waals surface area contributed by atoms with Crippen molar-refractivity contribution < 1.29 is 9.59 Å². The Balaban J connectivity index is 1.15. The summed E-state index contributed by atoms with van der Waals surface area (Å²) in [5.74, 6) is 0.468. The molecule has 1 saturated heterocycles. The van der Waals surface area contributed by atoms with Gasteiger partial charge in [-0.1, -0.05) is 23.7 Å². The number of aromatic amines is 1. The summed E-state index contributed by atoms with van der Waals surface area (Å²) in [5.41, 5.74) is 1.88. The highest BCUT2D eigenvalue weighted by molar-refractivity contribution is 6.33. The maximum absolute atomic E-state index is 12.8. The number of aromatic nitrogens is 2. The minimum absolute atomic E-state index is 0.0358. The fraction of sp³-hybridized carbons (Fsp3) is 0.360. The average molecular weight is 480 g/mol. The molecule has 9 heteroatoms. The van der Waals surface area contributed by atoms with E-state index in [1.807, 2.05) is 17.0 Å². The van der Waals surface area contributed by atoms with Gasteiger partial charge < -0.3 is 20.1 Å². The Morgan fingerprint density at radius 3 is 2.59 bits per heavy atom. The van der Waals surface area contributed by atoms with E-state index in [1.165, 1.54) is 0 Å². The summed E-state index contributed by atoms with van der Waals surface area (Å²) >= 11 is 6.49. The minimum atomic E-state index is -0.186. The molecular weight excluding hydrogens is 454 g/mol.